The number of halogens is 1. The number of aryl methyl sites for hydroxylation is 1. The van der Waals surface area contributed by atoms with Crippen molar-refractivity contribution in [3.63, 3.8) is 0 Å². The summed E-state index contributed by atoms with van der Waals surface area (Å²) in [5.74, 6) is -0.242. The smallest absolute Gasteiger partial charge is 0.321 e. The molecule has 1 aromatic heterocycles. The van der Waals surface area contributed by atoms with E-state index in [-0.39, 0.29) is 11.8 Å². The second-order valence-corrected chi connectivity index (χ2v) is 8.14. The van der Waals surface area contributed by atoms with Gasteiger partial charge in [-0.1, -0.05) is 17.7 Å². The maximum absolute atomic E-state index is 13.1. The third-order valence-corrected chi connectivity index (χ3v) is 5.85. The Morgan fingerprint density at radius 3 is 2.45 bits per heavy atom. The molecule has 5 nitrogen and oxygen atoms in total. The van der Waals surface area contributed by atoms with Crippen LogP contribution in [0.5, 0.6) is 0 Å². The molecule has 0 radical (unpaired) electrons. The average Bonchev–Trinajstić information content (AvgIpc) is 3.19. The molecule has 0 saturated carbocycles. The molecule has 1 N–H and O–H groups in total. The van der Waals surface area contributed by atoms with Gasteiger partial charge < -0.3 is 10.2 Å². The third kappa shape index (κ3) is 4.99. The summed E-state index contributed by atoms with van der Waals surface area (Å²) >= 11 is 1.61. The number of hydrogen-bond donors (Lipinski definition) is 1. The van der Waals surface area contributed by atoms with E-state index in [1.165, 1.54) is 17.7 Å². The fourth-order valence-corrected chi connectivity index (χ4v) is 4.12. The molecule has 1 saturated heterocycles. The third-order valence-electron chi connectivity index (χ3n) is 5.01. The van der Waals surface area contributed by atoms with Crippen molar-refractivity contribution < 1.29 is 9.18 Å². The summed E-state index contributed by atoms with van der Waals surface area (Å²) in [5, 5.41) is 6.00. The maximum atomic E-state index is 13.1. The Balaban J connectivity index is 1.28. The fourth-order valence-electron chi connectivity index (χ4n) is 3.28. The van der Waals surface area contributed by atoms with E-state index in [9.17, 15) is 9.18 Å². The summed E-state index contributed by atoms with van der Waals surface area (Å²) in [6.45, 7) is 5.79. The van der Waals surface area contributed by atoms with Crippen LogP contribution in [0.3, 0.4) is 0 Å². The van der Waals surface area contributed by atoms with Gasteiger partial charge in [-0.25, -0.2) is 14.2 Å². The van der Waals surface area contributed by atoms with Gasteiger partial charge in [0.25, 0.3) is 0 Å². The highest BCUT2D eigenvalue weighted by atomic mass is 32.1. The van der Waals surface area contributed by atoms with Gasteiger partial charge in [0.05, 0.1) is 12.2 Å². The number of piperazine rings is 1. The number of benzene rings is 2. The summed E-state index contributed by atoms with van der Waals surface area (Å²) in [7, 11) is 0. The molecule has 0 aliphatic carbocycles. The van der Waals surface area contributed by atoms with E-state index in [2.05, 4.69) is 15.2 Å². The molecule has 150 valence electrons. The largest absolute Gasteiger partial charge is 0.322 e. The molecule has 1 aliphatic rings. The predicted octanol–water partition coefficient (Wildman–Crippen LogP) is 4.61. The van der Waals surface area contributed by atoms with E-state index in [1.807, 2.05) is 41.5 Å². The van der Waals surface area contributed by atoms with E-state index >= 15 is 0 Å². The molecule has 0 unspecified atom stereocenters. The van der Waals surface area contributed by atoms with E-state index in [0.29, 0.717) is 13.1 Å². The topological polar surface area (TPSA) is 48.5 Å². The zero-order valence-electron chi connectivity index (χ0n) is 16.3. The minimum absolute atomic E-state index is 0.0543. The van der Waals surface area contributed by atoms with E-state index in [4.69, 9.17) is 0 Å². The number of rotatable bonds is 4. The SMILES string of the molecule is Cc1ccc(NC(=O)N2CCN(Cc3nc(-c4ccc(F)cc4)cs3)CC2)cc1. The van der Waals surface area contributed by atoms with Gasteiger partial charge in [0.2, 0.25) is 0 Å². The number of urea groups is 1. The summed E-state index contributed by atoms with van der Waals surface area (Å²) in [6, 6.07) is 14.2. The van der Waals surface area contributed by atoms with Gasteiger partial charge in [-0.15, -0.1) is 11.3 Å². The number of amides is 2. The van der Waals surface area contributed by atoms with Crippen LogP contribution in [-0.2, 0) is 6.54 Å². The first-order chi connectivity index (χ1) is 14.1. The number of carbonyl (C=O) groups is 1. The fraction of sp³-hybridized carbons (Fsp3) is 0.273. The summed E-state index contributed by atoms with van der Waals surface area (Å²) in [6.07, 6.45) is 0. The zero-order chi connectivity index (χ0) is 20.2. The van der Waals surface area contributed by atoms with Crippen LogP contribution in [0, 0.1) is 12.7 Å². The van der Waals surface area contributed by atoms with Crippen LogP contribution in [0.4, 0.5) is 14.9 Å². The number of aromatic nitrogens is 1. The molecule has 0 bridgehead atoms. The van der Waals surface area contributed by atoms with E-state index in [0.717, 1.165) is 41.6 Å². The van der Waals surface area contributed by atoms with Crippen molar-refractivity contribution >= 4 is 23.1 Å². The van der Waals surface area contributed by atoms with Crippen molar-refractivity contribution in [1.82, 2.24) is 14.8 Å². The second-order valence-electron chi connectivity index (χ2n) is 7.19. The highest BCUT2D eigenvalue weighted by molar-refractivity contribution is 7.09. The molecular weight excluding hydrogens is 387 g/mol. The first-order valence-electron chi connectivity index (χ1n) is 9.62. The standard InChI is InChI=1S/C22H23FN4OS/c1-16-2-8-19(9-3-16)24-22(28)27-12-10-26(11-13-27)14-21-25-20(15-29-21)17-4-6-18(23)7-5-17/h2-9,15H,10-14H2,1H3,(H,24,28). The number of anilines is 1. The predicted molar refractivity (Wildman–Crippen MR) is 115 cm³/mol. The summed E-state index contributed by atoms with van der Waals surface area (Å²) in [5.41, 5.74) is 3.79. The first kappa shape index (κ1) is 19.5. The van der Waals surface area contributed by atoms with Crippen molar-refractivity contribution in [2.24, 2.45) is 0 Å². The Hall–Kier alpha value is -2.77. The number of nitrogens with one attached hydrogen (secondary N) is 1. The molecule has 1 aliphatic heterocycles. The zero-order valence-corrected chi connectivity index (χ0v) is 17.1. The number of carbonyl (C=O) groups excluding carboxylic acids is 1. The van der Waals surface area contributed by atoms with Gasteiger partial charge in [-0.3, -0.25) is 4.90 Å². The van der Waals surface area contributed by atoms with Crippen LogP contribution in [0.25, 0.3) is 11.3 Å². The molecule has 2 aromatic carbocycles. The van der Waals surface area contributed by atoms with Crippen LogP contribution in [0.1, 0.15) is 10.6 Å². The lowest BCUT2D eigenvalue weighted by atomic mass is 10.2. The molecule has 0 spiro atoms. The Bertz CT molecular complexity index is 963. The molecule has 3 aromatic rings. The molecular formula is C22H23FN4OS. The van der Waals surface area contributed by atoms with Crippen molar-refractivity contribution in [2.75, 3.05) is 31.5 Å². The molecule has 1 fully saturated rings. The normalized spacial score (nSPS) is 14.8. The van der Waals surface area contributed by atoms with Crippen molar-refractivity contribution in [3.05, 3.63) is 70.3 Å². The molecule has 29 heavy (non-hydrogen) atoms. The van der Waals surface area contributed by atoms with Gasteiger partial charge in [-0.2, -0.15) is 0 Å². The van der Waals surface area contributed by atoms with Gasteiger partial charge in [-0.05, 0) is 43.3 Å². The Kier molecular flexibility index (Phi) is 5.87. The highest BCUT2D eigenvalue weighted by Crippen LogP contribution is 2.23. The van der Waals surface area contributed by atoms with E-state index < -0.39 is 0 Å². The van der Waals surface area contributed by atoms with Crippen LogP contribution < -0.4 is 5.32 Å². The first-order valence-corrected chi connectivity index (χ1v) is 10.5. The molecule has 4 rings (SSSR count). The number of hydrogen-bond acceptors (Lipinski definition) is 4. The Morgan fingerprint density at radius 2 is 1.76 bits per heavy atom. The lowest BCUT2D eigenvalue weighted by molar-refractivity contribution is 0.143. The second kappa shape index (κ2) is 8.71. The van der Waals surface area contributed by atoms with Crippen molar-refractivity contribution in [3.8, 4) is 11.3 Å². The quantitative estimate of drug-likeness (QED) is 0.683. The molecule has 7 heteroatoms. The Morgan fingerprint density at radius 1 is 1.07 bits per heavy atom. The van der Waals surface area contributed by atoms with Crippen molar-refractivity contribution in [1.29, 1.82) is 0 Å². The number of thiazole rings is 1. The lowest BCUT2D eigenvalue weighted by Crippen LogP contribution is -2.49. The van der Waals surface area contributed by atoms with Crippen LogP contribution in [-0.4, -0.2) is 47.0 Å². The van der Waals surface area contributed by atoms with Crippen LogP contribution in [0.15, 0.2) is 53.9 Å². The van der Waals surface area contributed by atoms with E-state index in [1.54, 1.807) is 23.5 Å². The molecule has 0 atom stereocenters. The highest BCUT2D eigenvalue weighted by Gasteiger charge is 2.22. The molecule has 2 heterocycles. The lowest BCUT2D eigenvalue weighted by Gasteiger charge is -2.34. The summed E-state index contributed by atoms with van der Waals surface area (Å²) in [4.78, 5) is 21.3. The molecule has 2 amide bonds. The summed E-state index contributed by atoms with van der Waals surface area (Å²) < 4.78 is 13.1. The minimum Gasteiger partial charge on any atom is -0.322 e. The van der Waals surface area contributed by atoms with Gasteiger partial charge in [0.15, 0.2) is 0 Å². The van der Waals surface area contributed by atoms with Crippen molar-refractivity contribution in [2.45, 2.75) is 13.5 Å². The minimum atomic E-state index is -0.242. The van der Waals surface area contributed by atoms with Crippen LogP contribution >= 0.6 is 11.3 Å². The van der Waals surface area contributed by atoms with Gasteiger partial charge in [0, 0.05) is 42.8 Å². The maximum Gasteiger partial charge on any atom is 0.321 e. The Labute approximate surface area is 173 Å². The van der Waals surface area contributed by atoms with Gasteiger partial charge in [0.1, 0.15) is 10.8 Å². The van der Waals surface area contributed by atoms with Crippen LogP contribution in [0.2, 0.25) is 0 Å². The van der Waals surface area contributed by atoms with Gasteiger partial charge >= 0.3 is 6.03 Å². The monoisotopic (exact) mass is 410 g/mol. The average molecular weight is 411 g/mol. The number of nitrogens with zero attached hydrogens (tertiary/aromatic N) is 3.